The van der Waals surface area contributed by atoms with Crippen LogP contribution in [0.25, 0.3) is 0 Å². The van der Waals surface area contributed by atoms with Gasteiger partial charge in [0.05, 0.1) is 13.0 Å². The summed E-state index contributed by atoms with van der Waals surface area (Å²) in [5, 5.41) is 0.233. The summed E-state index contributed by atoms with van der Waals surface area (Å²) in [7, 11) is 2.51. The number of hydrogen-bond donors (Lipinski definition) is 0. The van der Waals surface area contributed by atoms with Crippen LogP contribution in [0.5, 0.6) is 0 Å². The van der Waals surface area contributed by atoms with Crippen LogP contribution in [0, 0.1) is 0 Å². The van der Waals surface area contributed by atoms with Gasteiger partial charge in [-0.3, -0.25) is 4.79 Å². The van der Waals surface area contributed by atoms with Gasteiger partial charge in [-0.05, 0) is 23.7 Å². The third-order valence-electron chi connectivity index (χ3n) is 5.13. The Labute approximate surface area is 178 Å². The van der Waals surface area contributed by atoms with Crippen molar-refractivity contribution in [2.75, 3.05) is 25.6 Å². The summed E-state index contributed by atoms with van der Waals surface area (Å²) >= 11 is 1.82. The van der Waals surface area contributed by atoms with Crippen molar-refractivity contribution in [1.29, 1.82) is 0 Å². The van der Waals surface area contributed by atoms with Crippen molar-refractivity contribution in [3.8, 4) is 0 Å². The lowest BCUT2D eigenvalue weighted by molar-refractivity contribution is -0.151. The van der Waals surface area contributed by atoms with Crippen LogP contribution in [-0.4, -0.2) is 59.9 Å². The topological polar surface area (TPSA) is 46.6 Å². The van der Waals surface area contributed by atoms with E-state index >= 15 is 0 Å². The maximum Gasteiger partial charge on any atom is 0.328 e. The quantitative estimate of drug-likeness (QED) is 0.362. The fourth-order valence-corrected chi connectivity index (χ4v) is 5.60. The summed E-state index contributed by atoms with van der Waals surface area (Å²) in [5.74, 6) is 0.159. The number of esters is 1. The van der Waals surface area contributed by atoms with E-state index in [-0.39, 0.29) is 17.1 Å². The van der Waals surface area contributed by atoms with Gasteiger partial charge < -0.3 is 9.64 Å². The van der Waals surface area contributed by atoms with Crippen molar-refractivity contribution in [2.24, 2.45) is 0 Å². The van der Waals surface area contributed by atoms with Crippen LogP contribution in [0.4, 0.5) is 0 Å². The second-order valence-corrected chi connectivity index (χ2v) is 9.26. The summed E-state index contributed by atoms with van der Waals surface area (Å²) in [5.41, 5.74) is 1.86. The lowest BCUT2D eigenvalue weighted by atomic mass is 9.90. The van der Waals surface area contributed by atoms with E-state index in [4.69, 9.17) is 4.74 Å². The molecule has 3 rings (SSSR count). The molecule has 0 saturated carbocycles. The Hall–Kier alpha value is -2.10. The van der Waals surface area contributed by atoms with E-state index in [1.807, 2.05) is 72.4 Å². The number of ether oxygens (including phenoxy) is 1. The lowest BCUT2D eigenvalue weighted by Crippen LogP contribution is -2.43. The molecule has 1 heterocycles. The van der Waals surface area contributed by atoms with Gasteiger partial charge >= 0.3 is 5.97 Å². The third kappa shape index (κ3) is 5.29. The molecule has 0 bridgehead atoms. The molecule has 1 amide bonds. The number of hydrogen-bond acceptors (Lipinski definition) is 4. The molecule has 1 aliphatic heterocycles. The van der Waals surface area contributed by atoms with E-state index < -0.39 is 12.0 Å². The van der Waals surface area contributed by atoms with E-state index in [1.165, 1.54) is 7.11 Å². The van der Waals surface area contributed by atoms with Crippen molar-refractivity contribution >= 4 is 38.1 Å². The first kappa shape index (κ1) is 21.6. The zero-order valence-corrected chi connectivity index (χ0v) is 18.3. The molecule has 1 saturated heterocycles. The minimum absolute atomic E-state index is 0.0452. The Morgan fingerprint density at radius 3 is 2.24 bits per heavy atom. The van der Waals surface area contributed by atoms with E-state index in [1.54, 1.807) is 4.90 Å². The zero-order valence-electron chi connectivity index (χ0n) is 16.6. The van der Waals surface area contributed by atoms with Crippen LogP contribution in [-0.2, 0) is 14.3 Å². The Morgan fingerprint density at radius 1 is 1.14 bits per heavy atom. The molecule has 0 radical (unpaired) electrons. The minimum atomic E-state index is -0.530. The molecule has 152 valence electrons. The molecule has 1 fully saturated rings. The van der Waals surface area contributed by atoms with E-state index in [9.17, 15) is 9.59 Å². The van der Waals surface area contributed by atoms with Crippen molar-refractivity contribution in [3.63, 3.8) is 0 Å². The van der Waals surface area contributed by atoms with Gasteiger partial charge in [-0.2, -0.15) is 11.8 Å². The van der Waals surface area contributed by atoms with Crippen LogP contribution in [0.15, 0.2) is 60.7 Å². The summed E-state index contributed by atoms with van der Waals surface area (Å²) < 4.78 is 5.03. The van der Waals surface area contributed by atoms with Crippen molar-refractivity contribution in [2.45, 2.75) is 23.6 Å². The van der Waals surface area contributed by atoms with Gasteiger partial charge in [-0.15, -0.1) is 8.20 Å². The summed E-state index contributed by atoms with van der Waals surface area (Å²) in [6, 6.07) is 19.0. The van der Waals surface area contributed by atoms with E-state index in [0.717, 1.165) is 31.2 Å². The molecule has 0 aromatic heterocycles. The lowest BCUT2D eigenvalue weighted by Gasteiger charge is -2.28. The number of amides is 1. The Kier molecular flexibility index (Phi) is 7.91. The fourth-order valence-electron chi connectivity index (χ4n) is 3.74. The van der Waals surface area contributed by atoms with Gasteiger partial charge in [-0.25, -0.2) is 4.79 Å². The summed E-state index contributed by atoms with van der Waals surface area (Å²) in [4.78, 5) is 27.9. The van der Waals surface area contributed by atoms with Crippen molar-refractivity contribution in [1.82, 2.24) is 4.90 Å². The number of nitrogens with zero attached hydrogens (tertiary/aromatic N) is 1. The average Bonchev–Trinajstić information content (AvgIpc) is 3.19. The number of rotatable bonds is 8. The molecule has 0 aliphatic carbocycles. The zero-order chi connectivity index (χ0) is 20.6. The van der Waals surface area contributed by atoms with Crippen LogP contribution in [0.1, 0.15) is 23.5 Å². The Morgan fingerprint density at radius 2 is 1.72 bits per heavy atom. The van der Waals surface area contributed by atoms with E-state index in [2.05, 4.69) is 6.30 Å². The van der Waals surface area contributed by atoms with Gasteiger partial charge in [0.25, 0.3) is 0 Å². The highest BCUT2D eigenvalue weighted by Gasteiger charge is 2.43. The summed E-state index contributed by atoms with van der Waals surface area (Å²) in [6.07, 6.45) is 5.50. The summed E-state index contributed by atoms with van der Waals surface area (Å²) in [6.45, 7) is 0.563. The number of thioether (sulfide) groups is 1. The van der Waals surface area contributed by atoms with Crippen LogP contribution in [0.2, 0.25) is 0 Å². The maximum absolute atomic E-state index is 13.8. The van der Waals surface area contributed by atoms with Gasteiger partial charge in [0.15, 0.2) is 0 Å². The predicted octanol–water partition coefficient (Wildman–Crippen LogP) is 4.07. The monoisotopic (exact) mass is 427 g/mol. The molecule has 29 heavy (non-hydrogen) atoms. The maximum atomic E-state index is 13.8. The van der Waals surface area contributed by atoms with Gasteiger partial charge in [0.1, 0.15) is 6.04 Å². The Balaban J connectivity index is 1.90. The molecule has 2 atom stereocenters. The minimum Gasteiger partial charge on any atom is -0.467 e. The number of carbonyl (C=O) groups excluding carboxylic acids is 2. The highest BCUT2D eigenvalue weighted by atomic mass is 32.2. The normalized spacial score (nSPS) is 18.9. The molecular weight excluding hydrogens is 401 g/mol. The average molecular weight is 428 g/mol. The first-order chi connectivity index (χ1) is 14.2. The molecule has 0 spiro atoms. The third-order valence-corrected chi connectivity index (χ3v) is 7.23. The Bertz CT molecular complexity index is 791. The molecule has 0 unspecified atom stereocenters. The standard InChI is InChI=1S/C23H26NO3PS/c1-27-23(26)20-15-19(29-14-13-28-2)16-24(20)22(25)21(17-9-5-3-6-10-17)18-11-7-4-8-12-18/h3-12,19-21H,2,13-16H2,1H3/t19-,20-/m0/s1. The first-order valence-corrected chi connectivity index (χ1v) is 12.0. The molecule has 0 N–H and O–H groups in total. The first-order valence-electron chi connectivity index (χ1n) is 9.68. The molecule has 2 aromatic rings. The second-order valence-electron chi connectivity index (χ2n) is 6.96. The molecular formula is C23H26NO3PS. The van der Waals surface area contributed by atoms with Gasteiger partial charge in [-0.1, -0.05) is 67.0 Å². The van der Waals surface area contributed by atoms with Gasteiger partial charge in [0, 0.05) is 17.5 Å². The molecule has 4 nitrogen and oxygen atoms in total. The van der Waals surface area contributed by atoms with Crippen LogP contribution >= 0.6 is 20.0 Å². The number of carbonyl (C=O) groups is 2. The molecule has 2 aromatic carbocycles. The van der Waals surface area contributed by atoms with E-state index in [0.29, 0.717) is 13.0 Å². The number of methoxy groups -OCH3 is 1. The largest absolute Gasteiger partial charge is 0.467 e. The number of benzene rings is 2. The van der Waals surface area contributed by atoms with Crippen LogP contribution in [0.3, 0.4) is 0 Å². The molecule has 1 aliphatic rings. The second kappa shape index (κ2) is 10.6. The van der Waals surface area contributed by atoms with Crippen molar-refractivity contribution in [3.05, 3.63) is 71.8 Å². The van der Waals surface area contributed by atoms with Gasteiger partial charge in [0.2, 0.25) is 5.91 Å². The van der Waals surface area contributed by atoms with Crippen molar-refractivity contribution < 1.29 is 14.3 Å². The SMILES string of the molecule is C=PCCS[C@H]1C[C@@H](C(=O)OC)N(C(=O)C(c2ccccc2)c2ccccc2)C1. The highest BCUT2D eigenvalue weighted by molar-refractivity contribution is 8.00. The van der Waals surface area contributed by atoms with Crippen LogP contribution < -0.4 is 0 Å². The molecule has 6 heteroatoms. The number of likely N-dealkylation sites (tertiary alicyclic amines) is 1. The predicted molar refractivity (Wildman–Crippen MR) is 122 cm³/mol. The fraction of sp³-hybridized carbons (Fsp3) is 0.348. The highest BCUT2D eigenvalue weighted by Crippen LogP contribution is 2.34. The smallest absolute Gasteiger partial charge is 0.328 e.